The van der Waals surface area contributed by atoms with Crippen molar-refractivity contribution in [2.45, 2.75) is 96.8 Å². The summed E-state index contributed by atoms with van der Waals surface area (Å²) in [5.41, 5.74) is 0. The smallest absolute Gasteiger partial charge is 0.303 e. The molecule has 0 aliphatic carbocycles. The van der Waals surface area contributed by atoms with Crippen molar-refractivity contribution in [3.8, 4) is 0 Å². The first-order chi connectivity index (χ1) is 14.8. The Morgan fingerprint density at radius 2 is 0.900 bits per heavy atom. The minimum absolute atomic E-state index is 0.188. The maximum absolute atomic E-state index is 10.4. The molecule has 0 radical (unpaired) electrons. The molecule has 2 nitrogen and oxygen atoms in total. The van der Waals surface area contributed by atoms with Crippen molar-refractivity contribution in [2.24, 2.45) is 0 Å². The molecule has 0 aromatic rings. The standard InChI is InChI=1S/C28H44O2/c1-2-3-4-5-6-7-8-9-10-11-12-13-14-15-16-17-18-19-20-21-22-23-24-25-26-27-28(29)30/h2-3,16-25H,4-15,26-27H2,1H3,(H,29,30)/b3-2+,17-16+,19-18+,21-20+,23-22+,25-24+. The van der Waals surface area contributed by atoms with Crippen LogP contribution in [0.15, 0.2) is 72.9 Å². The zero-order valence-corrected chi connectivity index (χ0v) is 19.2. The summed E-state index contributed by atoms with van der Waals surface area (Å²) >= 11 is 0. The van der Waals surface area contributed by atoms with Crippen molar-refractivity contribution in [3.63, 3.8) is 0 Å². The molecule has 0 fully saturated rings. The van der Waals surface area contributed by atoms with Gasteiger partial charge < -0.3 is 5.11 Å². The second-order valence-electron chi connectivity index (χ2n) is 7.63. The predicted molar refractivity (Wildman–Crippen MR) is 133 cm³/mol. The SMILES string of the molecule is C/C=C/CCCCCCCCCCCC/C=C/C=C/C=C/C=C/C=C/CCC(=O)O. The number of hydrogen-bond donors (Lipinski definition) is 1. The lowest BCUT2D eigenvalue weighted by molar-refractivity contribution is -0.136. The number of hydrogen-bond acceptors (Lipinski definition) is 1. The highest BCUT2D eigenvalue weighted by molar-refractivity contribution is 5.66. The Kier molecular flexibility index (Phi) is 23.2. The van der Waals surface area contributed by atoms with Crippen molar-refractivity contribution in [2.75, 3.05) is 0 Å². The Balaban J connectivity index is 3.39. The van der Waals surface area contributed by atoms with E-state index >= 15 is 0 Å². The first-order valence-electron chi connectivity index (χ1n) is 11.9. The lowest BCUT2D eigenvalue weighted by Gasteiger charge is -2.01. The van der Waals surface area contributed by atoms with Gasteiger partial charge in [-0.05, 0) is 39.0 Å². The van der Waals surface area contributed by atoms with Gasteiger partial charge in [0, 0.05) is 6.42 Å². The van der Waals surface area contributed by atoms with Gasteiger partial charge in [0.05, 0.1) is 0 Å². The van der Waals surface area contributed by atoms with Crippen LogP contribution in [0.2, 0.25) is 0 Å². The average Bonchev–Trinajstić information content (AvgIpc) is 2.73. The number of carbonyl (C=O) groups is 1. The van der Waals surface area contributed by atoms with Crippen molar-refractivity contribution in [1.82, 2.24) is 0 Å². The molecule has 30 heavy (non-hydrogen) atoms. The van der Waals surface area contributed by atoms with E-state index in [9.17, 15) is 4.79 Å². The minimum atomic E-state index is -0.755. The van der Waals surface area contributed by atoms with Crippen LogP contribution in [-0.2, 0) is 4.79 Å². The second kappa shape index (κ2) is 24.9. The van der Waals surface area contributed by atoms with E-state index in [1.807, 2.05) is 42.5 Å². The van der Waals surface area contributed by atoms with E-state index in [0.717, 1.165) is 0 Å². The molecule has 0 aromatic carbocycles. The maximum Gasteiger partial charge on any atom is 0.303 e. The Labute approximate surface area is 185 Å². The summed E-state index contributed by atoms with van der Waals surface area (Å²) in [5.74, 6) is -0.755. The van der Waals surface area contributed by atoms with E-state index in [0.29, 0.717) is 6.42 Å². The summed E-state index contributed by atoms with van der Waals surface area (Å²) in [6, 6.07) is 0. The molecule has 0 saturated carbocycles. The summed E-state index contributed by atoms with van der Waals surface area (Å²) in [7, 11) is 0. The summed E-state index contributed by atoms with van der Waals surface area (Å²) in [5, 5.41) is 8.52. The van der Waals surface area contributed by atoms with Crippen LogP contribution in [0.4, 0.5) is 0 Å². The molecular formula is C28H44O2. The highest BCUT2D eigenvalue weighted by Crippen LogP contribution is 2.12. The number of unbranched alkanes of at least 4 members (excludes halogenated alkanes) is 11. The molecule has 0 aliphatic heterocycles. The van der Waals surface area contributed by atoms with E-state index in [4.69, 9.17) is 5.11 Å². The molecule has 2 heteroatoms. The third-order valence-electron chi connectivity index (χ3n) is 4.80. The highest BCUT2D eigenvalue weighted by atomic mass is 16.4. The van der Waals surface area contributed by atoms with Crippen LogP contribution in [0.1, 0.15) is 96.8 Å². The molecule has 0 aliphatic rings. The Morgan fingerprint density at radius 3 is 1.33 bits per heavy atom. The third-order valence-corrected chi connectivity index (χ3v) is 4.80. The molecule has 0 bridgehead atoms. The van der Waals surface area contributed by atoms with E-state index < -0.39 is 5.97 Å². The Hall–Kier alpha value is -2.09. The van der Waals surface area contributed by atoms with Gasteiger partial charge in [-0.15, -0.1) is 0 Å². The van der Waals surface area contributed by atoms with Crippen LogP contribution in [-0.4, -0.2) is 11.1 Å². The number of rotatable bonds is 20. The predicted octanol–water partition coefficient (Wildman–Crippen LogP) is 8.89. The normalized spacial score (nSPS) is 12.8. The molecule has 0 unspecified atom stereocenters. The van der Waals surface area contributed by atoms with E-state index in [2.05, 4.69) is 37.3 Å². The fourth-order valence-corrected chi connectivity index (χ4v) is 3.05. The van der Waals surface area contributed by atoms with Crippen LogP contribution in [0.5, 0.6) is 0 Å². The van der Waals surface area contributed by atoms with Crippen LogP contribution in [0.25, 0.3) is 0 Å². The molecule has 0 amide bonds. The summed E-state index contributed by atoms with van der Waals surface area (Å²) in [6.45, 7) is 2.10. The summed E-state index contributed by atoms with van der Waals surface area (Å²) < 4.78 is 0. The van der Waals surface area contributed by atoms with Gasteiger partial charge in [0.25, 0.3) is 0 Å². The molecule has 0 aromatic heterocycles. The fourth-order valence-electron chi connectivity index (χ4n) is 3.05. The fraction of sp³-hybridized carbons (Fsp3) is 0.536. The highest BCUT2D eigenvalue weighted by Gasteiger charge is 1.92. The van der Waals surface area contributed by atoms with Gasteiger partial charge in [0.1, 0.15) is 0 Å². The van der Waals surface area contributed by atoms with E-state index in [-0.39, 0.29) is 6.42 Å². The van der Waals surface area contributed by atoms with Gasteiger partial charge in [0.15, 0.2) is 0 Å². The van der Waals surface area contributed by atoms with E-state index in [1.165, 1.54) is 77.0 Å². The lowest BCUT2D eigenvalue weighted by atomic mass is 10.0. The minimum Gasteiger partial charge on any atom is -0.481 e. The quantitative estimate of drug-likeness (QED) is 0.123. The number of allylic oxidation sites excluding steroid dienone is 12. The van der Waals surface area contributed by atoms with Crippen LogP contribution >= 0.6 is 0 Å². The summed E-state index contributed by atoms with van der Waals surface area (Å²) in [4.78, 5) is 10.4. The molecule has 168 valence electrons. The van der Waals surface area contributed by atoms with Gasteiger partial charge in [0.2, 0.25) is 0 Å². The molecule has 1 N–H and O–H groups in total. The van der Waals surface area contributed by atoms with Crippen molar-refractivity contribution < 1.29 is 9.90 Å². The monoisotopic (exact) mass is 412 g/mol. The van der Waals surface area contributed by atoms with Crippen molar-refractivity contribution in [3.05, 3.63) is 72.9 Å². The maximum atomic E-state index is 10.4. The number of carboxylic acid groups (broad SMARTS) is 1. The van der Waals surface area contributed by atoms with Gasteiger partial charge >= 0.3 is 5.97 Å². The molecular weight excluding hydrogens is 368 g/mol. The van der Waals surface area contributed by atoms with Crippen LogP contribution in [0.3, 0.4) is 0 Å². The molecule has 0 spiro atoms. The van der Waals surface area contributed by atoms with Crippen LogP contribution < -0.4 is 0 Å². The Bertz CT molecular complexity index is 547. The Morgan fingerprint density at radius 1 is 0.533 bits per heavy atom. The van der Waals surface area contributed by atoms with Gasteiger partial charge in [-0.2, -0.15) is 0 Å². The van der Waals surface area contributed by atoms with Crippen molar-refractivity contribution in [1.29, 1.82) is 0 Å². The average molecular weight is 413 g/mol. The van der Waals surface area contributed by atoms with Gasteiger partial charge in [-0.25, -0.2) is 0 Å². The number of aliphatic carboxylic acids is 1. The second-order valence-corrected chi connectivity index (χ2v) is 7.63. The molecule has 0 saturated heterocycles. The molecule has 0 heterocycles. The largest absolute Gasteiger partial charge is 0.481 e. The molecule has 0 rings (SSSR count). The van der Waals surface area contributed by atoms with Crippen LogP contribution in [0, 0.1) is 0 Å². The van der Waals surface area contributed by atoms with Gasteiger partial charge in [-0.1, -0.05) is 124 Å². The van der Waals surface area contributed by atoms with E-state index in [1.54, 1.807) is 0 Å². The first-order valence-corrected chi connectivity index (χ1v) is 11.9. The van der Waals surface area contributed by atoms with Gasteiger partial charge in [-0.3, -0.25) is 4.79 Å². The lowest BCUT2D eigenvalue weighted by Crippen LogP contribution is -1.91. The zero-order valence-electron chi connectivity index (χ0n) is 19.2. The van der Waals surface area contributed by atoms with Crippen molar-refractivity contribution >= 4 is 5.97 Å². The number of carboxylic acids is 1. The first kappa shape index (κ1) is 27.9. The summed E-state index contributed by atoms with van der Waals surface area (Å²) in [6.07, 6.45) is 41.5. The zero-order chi connectivity index (χ0) is 22.0. The third kappa shape index (κ3) is 25.9. The molecule has 0 atom stereocenters. The topological polar surface area (TPSA) is 37.3 Å².